The molecule has 0 unspecified atom stereocenters. The summed E-state index contributed by atoms with van der Waals surface area (Å²) in [6.07, 6.45) is 0. The van der Waals surface area contributed by atoms with E-state index in [0.717, 1.165) is 11.3 Å². The summed E-state index contributed by atoms with van der Waals surface area (Å²) in [6, 6.07) is 10.6. The lowest BCUT2D eigenvalue weighted by atomic mass is 10.2. The Bertz CT molecular complexity index is 892. The second-order valence-corrected chi connectivity index (χ2v) is 9.69. The predicted molar refractivity (Wildman–Crippen MR) is 109 cm³/mol. The highest BCUT2D eigenvalue weighted by Crippen LogP contribution is 2.22. The van der Waals surface area contributed by atoms with Crippen molar-refractivity contribution in [2.75, 3.05) is 33.3 Å². The minimum absolute atomic E-state index is 0.0829. The van der Waals surface area contributed by atoms with Crippen LogP contribution in [0.15, 0.2) is 46.0 Å². The molecular weight excluding hydrogens is 398 g/mol. The lowest BCUT2D eigenvalue weighted by molar-refractivity contribution is -0.126. The Morgan fingerprint density at radius 3 is 2.54 bits per heavy atom. The molecule has 1 aliphatic rings. The number of thiophene rings is 1. The van der Waals surface area contributed by atoms with Gasteiger partial charge in [0.15, 0.2) is 0 Å². The van der Waals surface area contributed by atoms with Gasteiger partial charge < -0.3 is 10.1 Å². The molecule has 1 saturated heterocycles. The van der Waals surface area contributed by atoms with Crippen LogP contribution in [0.4, 0.5) is 0 Å². The number of carbonyl (C=O) groups excluding carboxylic acids is 1. The van der Waals surface area contributed by atoms with Crippen molar-refractivity contribution in [1.29, 1.82) is 0 Å². The Balaban J connectivity index is 1.53. The maximum Gasteiger partial charge on any atom is 0.252 e. The Labute approximate surface area is 170 Å². The molecule has 1 N–H and O–H groups in total. The zero-order valence-electron chi connectivity index (χ0n) is 16.0. The largest absolute Gasteiger partial charge is 0.496 e. The summed E-state index contributed by atoms with van der Waals surface area (Å²) in [7, 11) is -1.83. The molecule has 1 amide bonds. The predicted octanol–water partition coefficient (Wildman–Crippen LogP) is 1.77. The Morgan fingerprint density at radius 2 is 1.89 bits per heavy atom. The van der Waals surface area contributed by atoms with Gasteiger partial charge in [-0.15, -0.1) is 11.3 Å². The van der Waals surface area contributed by atoms with Gasteiger partial charge in [0.2, 0.25) is 5.91 Å². The second-order valence-electron chi connectivity index (χ2n) is 6.58. The maximum absolute atomic E-state index is 12.6. The number of para-hydroxylation sites is 1. The normalized spacial score (nSPS) is 17.2. The van der Waals surface area contributed by atoms with Crippen LogP contribution in [0.5, 0.6) is 5.75 Å². The average molecular weight is 424 g/mol. The molecule has 3 rings (SSSR count). The Morgan fingerprint density at radius 1 is 1.18 bits per heavy atom. The fourth-order valence-electron chi connectivity index (χ4n) is 3.21. The van der Waals surface area contributed by atoms with E-state index in [1.54, 1.807) is 24.6 Å². The number of hydrogen-bond donors (Lipinski definition) is 1. The highest BCUT2D eigenvalue weighted by Gasteiger charge is 2.32. The van der Waals surface area contributed by atoms with E-state index >= 15 is 0 Å². The number of piperazine rings is 1. The summed E-state index contributed by atoms with van der Waals surface area (Å²) in [5.41, 5.74) is 0.914. The SMILES string of the molecule is COc1ccccc1CNC(=O)[C@@H](C)N1CCN(S(=O)(=O)c2cccs2)CC1. The van der Waals surface area contributed by atoms with Crippen LogP contribution in [0.3, 0.4) is 0 Å². The van der Waals surface area contributed by atoms with Gasteiger partial charge in [-0.25, -0.2) is 8.42 Å². The highest BCUT2D eigenvalue weighted by molar-refractivity contribution is 7.91. The van der Waals surface area contributed by atoms with E-state index in [1.807, 2.05) is 36.1 Å². The van der Waals surface area contributed by atoms with Crippen LogP contribution in [0.1, 0.15) is 12.5 Å². The molecule has 0 radical (unpaired) electrons. The Kier molecular flexibility index (Phi) is 6.71. The highest BCUT2D eigenvalue weighted by atomic mass is 32.2. The van der Waals surface area contributed by atoms with Gasteiger partial charge in [-0.05, 0) is 24.4 Å². The third kappa shape index (κ3) is 4.54. The third-order valence-electron chi connectivity index (χ3n) is 4.94. The molecule has 2 heterocycles. The van der Waals surface area contributed by atoms with Crippen LogP contribution in [0, 0.1) is 0 Å². The summed E-state index contributed by atoms with van der Waals surface area (Å²) in [4.78, 5) is 14.6. The zero-order valence-corrected chi connectivity index (χ0v) is 17.6. The van der Waals surface area contributed by atoms with Crippen molar-refractivity contribution < 1.29 is 17.9 Å². The summed E-state index contributed by atoms with van der Waals surface area (Å²) in [6.45, 7) is 4.04. The number of benzene rings is 1. The topological polar surface area (TPSA) is 79.0 Å². The minimum Gasteiger partial charge on any atom is -0.496 e. The first kappa shape index (κ1) is 20.8. The van der Waals surface area contributed by atoms with Gasteiger partial charge in [0.05, 0.1) is 13.2 Å². The van der Waals surface area contributed by atoms with E-state index in [9.17, 15) is 13.2 Å². The molecule has 1 aromatic heterocycles. The molecule has 9 heteroatoms. The molecular formula is C19H25N3O4S2. The molecule has 7 nitrogen and oxygen atoms in total. The van der Waals surface area contributed by atoms with Crippen molar-refractivity contribution in [3.05, 3.63) is 47.3 Å². The molecule has 152 valence electrons. The zero-order chi connectivity index (χ0) is 20.1. The van der Waals surface area contributed by atoms with Gasteiger partial charge in [-0.3, -0.25) is 9.69 Å². The number of nitrogens with one attached hydrogen (secondary N) is 1. The monoisotopic (exact) mass is 423 g/mol. The molecule has 1 aliphatic heterocycles. The summed E-state index contributed by atoms with van der Waals surface area (Å²) in [5.74, 6) is 0.656. The fraction of sp³-hybridized carbons (Fsp3) is 0.421. The number of amides is 1. The van der Waals surface area contributed by atoms with Crippen molar-refractivity contribution in [3.8, 4) is 5.75 Å². The smallest absolute Gasteiger partial charge is 0.252 e. The van der Waals surface area contributed by atoms with Crippen LogP contribution in [0.2, 0.25) is 0 Å². The van der Waals surface area contributed by atoms with Crippen LogP contribution in [-0.4, -0.2) is 62.9 Å². The fourth-order valence-corrected chi connectivity index (χ4v) is 5.78. The van der Waals surface area contributed by atoms with Crippen LogP contribution < -0.4 is 10.1 Å². The molecule has 1 atom stereocenters. The number of nitrogens with zero attached hydrogens (tertiary/aromatic N) is 2. The number of sulfonamides is 1. The maximum atomic E-state index is 12.6. The molecule has 1 aromatic carbocycles. The van der Waals surface area contributed by atoms with Crippen LogP contribution in [-0.2, 0) is 21.4 Å². The lowest BCUT2D eigenvalue weighted by Gasteiger charge is -2.36. The molecule has 28 heavy (non-hydrogen) atoms. The number of hydrogen-bond acceptors (Lipinski definition) is 6. The summed E-state index contributed by atoms with van der Waals surface area (Å²) in [5, 5.41) is 4.70. The number of carbonyl (C=O) groups is 1. The van der Waals surface area contributed by atoms with Gasteiger partial charge in [0.1, 0.15) is 9.96 Å². The molecule has 2 aromatic rings. The van der Waals surface area contributed by atoms with Gasteiger partial charge in [-0.2, -0.15) is 4.31 Å². The summed E-state index contributed by atoms with van der Waals surface area (Å²) >= 11 is 1.23. The minimum atomic E-state index is -3.43. The average Bonchev–Trinajstić information content (AvgIpc) is 3.27. The van der Waals surface area contributed by atoms with Crippen LogP contribution in [0.25, 0.3) is 0 Å². The van der Waals surface area contributed by atoms with Crippen molar-refractivity contribution in [2.24, 2.45) is 0 Å². The van der Waals surface area contributed by atoms with E-state index in [-0.39, 0.29) is 11.9 Å². The number of methoxy groups -OCH3 is 1. The first-order chi connectivity index (χ1) is 13.4. The van der Waals surface area contributed by atoms with Gasteiger partial charge in [-0.1, -0.05) is 24.3 Å². The second kappa shape index (κ2) is 9.04. The molecule has 0 saturated carbocycles. The standard InChI is InChI=1S/C19H25N3O4S2/c1-15(19(23)20-14-16-6-3-4-7-17(16)26-2)21-9-11-22(12-10-21)28(24,25)18-8-5-13-27-18/h3-8,13,15H,9-12,14H2,1-2H3,(H,20,23)/t15-/m1/s1. The van der Waals surface area contributed by atoms with Gasteiger partial charge >= 0.3 is 0 Å². The number of rotatable bonds is 7. The third-order valence-corrected chi connectivity index (χ3v) is 8.21. The van der Waals surface area contributed by atoms with E-state index in [1.165, 1.54) is 15.6 Å². The van der Waals surface area contributed by atoms with Crippen molar-refractivity contribution in [2.45, 2.75) is 23.7 Å². The van der Waals surface area contributed by atoms with Crippen molar-refractivity contribution >= 4 is 27.3 Å². The first-order valence-electron chi connectivity index (χ1n) is 9.11. The molecule has 0 bridgehead atoms. The molecule has 1 fully saturated rings. The number of ether oxygens (including phenoxy) is 1. The van der Waals surface area contributed by atoms with E-state index in [4.69, 9.17) is 4.74 Å². The van der Waals surface area contributed by atoms with Crippen LogP contribution >= 0.6 is 11.3 Å². The lowest BCUT2D eigenvalue weighted by Crippen LogP contribution is -2.54. The summed E-state index contributed by atoms with van der Waals surface area (Å²) < 4.78 is 32.4. The molecule has 0 aliphatic carbocycles. The van der Waals surface area contributed by atoms with E-state index in [0.29, 0.717) is 36.9 Å². The quantitative estimate of drug-likeness (QED) is 0.734. The molecule has 0 spiro atoms. The van der Waals surface area contributed by atoms with E-state index < -0.39 is 10.0 Å². The van der Waals surface area contributed by atoms with Gasteiger partial charge in [0, 0.05) is 38.3 Å². The van der Waals surface area contributed by atoms with Gasteiger partial charge in [0.25, 0.3) is 10.0 Å². The first-order valence-corrected chi connectivity index (χ1v) is 11.4. The van der Waals surface area contributed by atoms with Crippen molar-refractivity contribution in [1.82, 2.24) is 14.5 Å². The van der Waals surface area contributed by atoms with E-state index in [2.05, 4.69) is 5.32 Å². The Hall–Kier alpha value is -1.94. The van der Waals surface area contributed by atoms with Crippen molar-refractivity contribution in [3.63, 3.8) is 0 Å².